The molecule has 0 amide bonds. The van der Waals surface area contributed by atoms with Crippen LogP contribution in [0.15, 0.2) is 24.4 Å². The van der Waals surface area contributed by atoms with Crippen molar-refractivity contribution in [2.75, 3.05) is 12.3 Å². The van der Waals surface area contributed by atoms with E-state index in [9.17, 15) is 0 Å². The molecule has 5 nitrogen and oxygen atoms in total. The van der Waals surface area contributed by atoms with E-state index in [2.05, 4.69) is 9.97 Å². The largest absolute Gasteiger partial charge is 0.493 e. The Labute approximate surface area is 104 Å². The van der Waals surface area contributed by atoms with Gasteiger partial charge in [-0.1, -0.05) is 0 Å². The van der Waals surface area contributed by atoms with E-state index in [0.717, 1.165) is 29.9 Å². The average molecular weight is 238 g/mol. The fourth-order valence-corrected chi connectivity index (χ4v) is 1.95. The second kappa shape index (κ2) is 4.00. The fraction of sp³-hybridized carbons (Fsp3) is 0.154. The summed E-state index contributed by atoms with van der Waals surface area (Å²) in [5.74, 6) is 1.65. The van der Waals surface area contributed by atoms with Crippen molar-refractivity contribution in [2.45, 2.75) is 6.42 Å². The van der Waals surface area contributed by atoms with Gasteiger partial charge in [0.25, 0.3) is 0 Å². The van der Waals surface area contributed by atoms with Crippen LogP contribution in [-0.2, 0) is 6.42 Å². The molecule has 0 saturated carbocycles. The van der Waals surface area contributed by atoms with E-state index in [1.807, 2.05) is 24.3 Å². The van der Waals surface area contributed by atoms with Crippen LogP contribution in [0.3, 0.4) is 0 Å². The molecule has 2 heterocycles. The molecular weight excluding hydrogens is 228 g/mol. The molecule has 0 atom stereocenters. The quantitative estimate of drug-likeness (QED) is 0.814. The summed E-state index contributed by atoms with van der Waals surface area (Å²) >= 11 is 0. The molecule has 0 saturated heterocycles. The summed E-state index contributed by atoms with van der Waals surface area (Å²) in [6.45, 7) is 0.717. The monoisotopic (exact) mass is 238 g/mol. The highest BCUT2D eigenvalue weighted by molar-refractivity contribution is 5.62. The van der Waals surface area contributed by atoms with E-state index in [1.54, 1.807) is 0 Å². The van der Waals surface area contributed by atoms with Gasteiger partial charge in [-0.25, -0.2) is 9.97 Å². The molecule has 3 rings (SSSR count). The Hall–Kier alpha value is -2.61. The normalized spacial score (nSPS) is 12.6. The van der Waals surface area contributed by atoms with Crippen LogP contribution in [0, 0.1) is 11.3 Å². The maximum Gasteiger partial charge on any atom is 0.161 e. The topological polar surface area (TPSA) is 84.8 Å². The van der Waals surface area contributed by atoms with Gasteiger partial charge >= 0.3 is 0 Å². The molecule has 0 fully saturated rings. The Balaban J connectivity index is 2.05. The number of nitriles is 1. The lowest BCUT2D eigenvalue weighted by atomic mass is 10.1. The molecule has 0 bridgehead atoms. The number of fused-ring (bicyclic) bond motifs is 1. The average Bonchev–Trinajstić information content (AvgIpc) is 2.85. The van der Waals surface area contributed by atoms with E-state index >= 15 is 0 Å². The lowest BCUT2D eigenvalue weighted by molar-refractivity contribution is 0.357. The Bertz CT molecular complexity index is 652. The molecule has 5 heteroatoms. The van der Waals surface area contributed by atoms with Gasteiger partial charge in [0.1, 0.15) is 23.2 Å². The van der Waals surface area contributed by atoms with Crippen molar-refractivity contribution in [3.8, 4) is 23.2 Å². The lowest BCUT2D eigenvalue weighted by Gasteiger charge is -2.04. The zero-order chi connectivity index (χ0) is 12.5. The number of nitrogens with zero attached hydrogens (tertiary/aromatic N) is 3. The smallest absolute Gasteiger partial charge is 0.161 e. The molecule has 0 spiro atoms. The minimum Gasteiger partial charge on any atom is -0.493 e. The highest BCUT2D eigenvalue weighted by Gasteiger charge is 2.14. The van der Waals surface area contributed by atoms with Crippen LogP contribution in [-0.4, -0.2) is 16.6 Å². The number of rotatable bonds is 1. The minimum atomic E-state index is 0.208. The molecule has 2 aromatic rings. The maximum atomic E-state index is 8.78. The van der Waals surface area contributed by atoms with Crippen molar-refractivity contribution >= 4 is 5.82 Å². The maximum absolute atomic E-state index is 8.78. The highest BCUT2D eigenvalue weighted by atomic mass is 16.5. The summed E-state index contributed by atoms with van der Waals surface area (Å²) < 4.78 is 5.44. The van der Waals surface area contributed by atoms with Crippen LogP contribution in [0.4, 0.5) is 5.82 Å². The molecule has 1 aliphatic heterocycles. The van der Waals surface area contributed by atoms with Crippen LogP contribution < -0.4 is 10.5 Å². The first-order valence-corrected chi connectivity index (χ1v) is 5.56. The van der Waals surface area contributed by atoms with E-state index < -0.39 is 0 Å². The molecule has 0 aliphatic carbocycles. The van der Waals surface area contributed by atoms with Gasteiger partial charge in [-0.2, -0.15) is 5.26 Å². The Morgan fingerprint density at radius 1 is 1.39 bits per heavy atom. The van der Waals surface area contributed by atoms with Crippen molar-refractivity contribution in [2.24, 2.45) is 0 Å². The number of hydrogen-bond donors (Lipinski definition) is 1. The summed E-state index contributed by atoms with van der Waals surface area (Å²) in [6.07, 6.45) is 2.34. The van der Waals surface area contributed by atoms with Crippen molar-refractivity contribution < 1.29 is 4.74 Å². The molecule has 0 radical (unpaired) electrons. The lowest BCUT2D eigenvalue weighted by Crippen LogP contribution is -1.99. The number of ether oxygens (including phenoxy) is 1. The molecular formula is C13H10N4O. The molecule has 1 aliphatic rings. The van der Waals surface area contributed by atoms with Gasteiger partial charge in [0.2, 0.25) is 0 Å². The number of nitrogens with two attached hydrogens (primary N) is 1. The number of aromatic nitrogens is 2. The van der Waals surface area contributed by atoms with Crippen molar-refractivity contribution in [1.82, 2.24) is 9.97 Å². The summed E-state index contributed by atoms with van der Waals surface area (Å²) in [6, 6.07) is 7.75. The van der Waals surface area contributed by atoms with Gasteiger partial charge in [0, 0.05) is 12.0 Å². The summed E-state index contributed by atoms with van der Waals surface area (Å²) in [4.78, 5) is 8.29. The number of anilines is 1. The molecule has 2 N–H and O–H groups in total. The predicted octanol–water partition coefficient (Wildman–Crippen LogP) is 1.53. The third kappa shape index (κ3) is 1.64. The van der Waals surface area contributed by atoms with Crippen LogP contribution in [0.25, 0.3) is 11.4 Å². The van der Waals surface area contributed by atoms with E-state index in [0.29, 0.717) is 11.4 Å². The zero-order valence-corrected chi connectivity index (χ0v) is 9.55. The van der Waals surface area contributed by atoms with Crippen LogP contribution in [0.5, 0.6) is 5.75 Å². The summed E-state index contributed by atoms with van der Waals surface area (Å²) in [7, 11) is 0. The van der Waals surface area contributed by atoms with Gasteiger partial charge in [0.15, 0.2) is 5.82 Å². The zero-order valence-electron chi connectivity index (χ0n) is 9.55. The fourth-order valence-electron chi connectivity index (χ4n) is 1.95. The first-order chi connectivity index (χ1) is 8.78. The number of hydrogen-bond acceptors (Lipinski definition) is 5. The summed E-state index contributed by atoms with van der Waals surface area (Å²) in [5, 5.41) is 8.78. The van der Waals surface area contributed by atoms with Gasteiger partial charge in [-0.3, -0.25) is 0 Å². The van der Waals surface area contributed by atoms with Crippen molar-refractivity contribution in [3.05, 3.63) is 35.5 Å². The van der Waals surface area contributed by atoms with Crippen LogP contribution in [0.1, 0.15) is 11.1 Å². The third-order valence-corrected chi connectivity index (χ3v) is 2.89. The Kier molecular flexibility index (Phi) is 2.34. The van der Waals surface area contributed by atoms with Gasteiger partial charge < -0.3 is 10.5 Å². The first kappa shape index (κ1) is 10.5. The number of nitrogen functional groups attached to an aromatic ring is 1. The second-order valence-corrected chi connectivity index (χ2v) is 4.03. The second-order valence-electron chi connectivity index (χ2n) is 4.03. The number of benzene rings is 1. The van der Waals surface area contributed by atoms with Gasteiger partial charge in [-0.05, 0) is 23.8 Å². The van der Waals surface area contributed by atoms with E-state index in [4.69, 9.17) is 15.7 Å². The van der Waals surface area contributed by atoms with Gasteiger partial charge in [-0.15, -0.1) is 0 Å². The highest BCUT2D eigenvalue weighted by Crippen LogP contribution is 2.29. The van der Waals surface area contributed by atoms with E-state index in [-0.39, 0.29) is 5.82 Å². The SMILES string of the molecule is N#Cc1cnc(-c2ccc3c(c2)CCO3)nc1N. The molecule has 18 heavy (non-hydrogen) atoms. The molecule has 88 valence electrons. The molecule has 1 aromatic carbocycles. The van der Waals surface area contributed by atoms with Crippen LogP contribution in [0.2, 0.25) is 0 Å². The van der Waals surface area contributed by atoms with Crippen molar-refractivity contribution in [1.29, 1.82) is 5.26 Å². The summed E-state index contributed by atoms with van der Waals surface area (Å²) in [5.41, 5.74) is 8.01. The van der Waals surface area contributed by atoms with Crippen LogP contribution >= 0.6 is 0 Å². The molecule has 1 aromatic heterocycles. The van der Waals surface area contributed by atoms with Crippen molar-refractivity contribution in [3.63, 3.8) is 0 Å². The molecule has 0 unspecified atom stereocenters. The predicted molar refractivity (Wildman–Crippen MR) is 65.8 cm³/mol. The Morgan fingerprint density at radius 3 is 3.06 bits per heavy atom. The minimum absolute atomic E-state index is 0.208. The standard InChI is InChI=1S/C13H10N4O/c14-6-10-7-16-13(17-12(10)15)9-1-2-11-8(5-9)3-4-18-11/h1-2,5,7H,3-4H2,(H2,15,16,17). The van der Waals surface area contributed by atoms with Gasteiger partial charge in [0.05, 0.1) is 12.8 Å². The Morgan fingerprint density at radius 2 is 2.28 bits per heavy atom. The third-order valence-electron chi connectivity index (χ3n) is 2.89. The van der Waals surface area contributed by atoms with E-state index in [1.165, 1.54) is 6.20 Å². The first-order valence-electron chi connectivity index (χ1n) is 5.56.